The topological polar surface area (TPSA) is 45.4 Å². The van der Waals surface area contributed by atoms with E-state index in [1.165, 1.54) is 45.3 Å². The van der Waals surface area contributed by atoms with Crippen LogP contribution >= 0.6 is 0 Å². The zero-order valence-electron chi connectivity index (χ0n) is 13.2. The van der Waals surface area contributed by atoms with Crippen molar-refractivity contribution in [2.75, 3.05) is 37.6 Å². The molecule has 0 aromatic carbocycles. The lowest BCUT2D eigenvalue weighted by atomic mass is 9.96. The maximum atomic E-state index is 5.88. The van der Waals surface area contributed by atoms with Crippen molar-refractivity contribution in [3.05, 3.63) is 23.9 Å². The number of nitrogens with two attached hydrogens (primary N) is 1. The Hall–Kier alpha value is -1.13. The molecule has 2 aliphatic rings. The highest BCUT2D eigenvalue weighted by atomic mass is 15.2. The van der Waals surface area contributed by atoms with E-state index in [-0.39, 0.29) is 6.04 Å². The molecule has 0 saturated carbocycles. The molecule has 21 heavy (non-hydrogen) atoms. The summed E-state index contributed by atoms with van der Waals surface area (Å²) in [5.41, 5.74) is 6.99. The average molecular weight is 288 g/mol. The van der Waals surface area contributed by atoms with Gasteiger partial charge in [0.1, 0.15) is 5.82 Å². The Kier molecular flexibility index (Phi) is 4.76. The number of hydrogen-bond donors (Lipinski definition) is 1. The molecule has 1 aromatic heterocycles. The number of likely N-dealkylation sites (tertiary alicyclic amines) is 1. The molecule has 116 valence electrons. The lowest BCUT2D eigenvalue weighted by molar-refractivity contribution is 0.249. The third kappa shape index (κ3) is 3.74. The Morgan fingerprint density at radius 1 is 1.19 bits per heavy atom. The van der Waals surface area contributed by atoms with Crippen molar-refractivity contribution in [1.29, 1.82) is 0 Å². The van der Waals surface area contributed by atoms with Gasteiger partial charge in [0, 0.05) is 31.9 Å². The average Bonchev–Trinajstić information content (AvgIpc) is 3.01. The number of hydrogen-bond acceptors (Lipinski definition) is 4. The molecule has 0 aliphatic carbocycles. The molecule has 4 heteroatoms. The fourth-order valence-corrected chi connectivity index (χ4v) is 3.53. The molecule has 0 bridgehead atoms. The van der Waals surface area contributed by atoms with Gasteiger partial charge in [-0.1, -0.05) is 6.07 Å². The van der Waals surface area contributed by atoms with E-state index in [0.717, 1.165) is 30.4 Å². The standard InChI is InChI=1S/C17H28N4/c1-14(18)16-4-5-17(19-12-16)21-10-6-15(7-11-21)13-20-8-2-3-9-20/h4-5,12,14-15H,2-3,6-11,13,18H2,1H3/t14-/m0/s1. The predicted octanol–water partition coefficient (Wildman–Crippen LogP) is 2.41. The second kappa shape index (κ2) is 6.75. The highest BCUT2D eigenvalue weighted by molar-refractivity contribution is 5.40. The molecule has 2 N–H and O–H groups in total. The van der Waals surface area contributed by atoms with Gasteiger partial charge in [-0.3, -0.25) is 0 Å². The fourth-order valence-electron chi connectivity index (χ4n) is 3.53. The number of rotatable bonds is 4. The SMILES string of the molecule is C[C@H](N)c1ccc(N2CCC(CN3CCCC3)CC2)nc1. The van der Waals surface area contributed by atoms with Crippen molar-refractivity contribution in [2.45, 2.75) is 38.6 Å². The fraction of sp³-hybridized carbons (Fsp3) is 0.706. The molecule has 2 aliphatic heterocycles. The molecule has 0 spiro atoms. The number of aromatic nitrogens is 1. The highest BCUT2D eigenvalue weighted by Crippen LogP contribution is 2.24. The monoisotopic (exact) mass is 288 g/mol. The molecular weight excluding hydrogens is 260 g/mol. The first kappa shape index (κ1) is 14.8. The van der Waals surface area contributed by atoms with Gasteiger partial charge in [0.15, 0.2) is 0 Å². The van der Waals surface area contributed by atoms with Crippen LogP contribution in [0.25, 0.3) is 0 Å². The summed E-state index contributed by atoms with van der Waals surface area (Å²) in [7, 11) is 0. The minimum Gasteiger partial charge on any atom is -0.357 e. The van der Waals surface area contributed by atoms with Gasteiger partial charge in [-0.15, -0.1) is 0 Å². The summed E-state index contributed by atoms with van der Waals surface area (Å²) in [5, 5.41) is 0. The van der Waals surface area contributed by atoms with E-state index < -0.39 is 0 Å². The van der Waals surface area contributed by atoms with Crippen molar-refractivity contribution in [3.8, 4) is 0 Å². The van der Waals surface area contributed by atoms with E-state index >= 15 is 0 Å². The summed E-state index contributed by atoms with van der Waals surface area (Å²) in [4.78, 5) is 9.66. The Labute approximate surface area is 128 Å². The van der Waals surface area contributed by atoms with E-state index in [2.05, 4.69) is 26.9 Å². The van der Waals surface area contributed by atoms with Crippen molar-refractivity contribution < 1.29 is 0 Å². The number of nitrogens with zero attached hydrogens (tertiary/aromatic N) is 3. The Morgan fingerprint density at radius 3 is 2.48 bits per heavy atom. The molecule has 3 heterocycles. The van der Waals surface area contributed by atoms with Gasteiger partial charge in [-0.2, -0.15) is 0 Å². The van der Waals surface area contributed by atoms with Crippen molar-refractivity contribution >= 4 is 5.82 Å². The Bertz CT molecular complexity index is 429. The maximum absolute atomic E-state index is 5.88. The van der Waals surface area contributed by atoms with Crippen molar-refractivity contribution in [3.63, 3.8) is 0 Å². The van der Waals surface area contributed by atoms with Gasteiger partial charge < -0.3 is 15.5 Å². The summed E-state index contributed by atoms with van der Waals surface area (Å²) in [6.07, 6.45) is 7.32. The second-order valence-corrected chi connectivity index (χ2v) is 6.68. The van der Waals surface area contributed by atoms with Gasteiger partial charge >= 0.3 is 0 Å². The van der Waals surface area contributed by atoms with Gasteiger partial charge in [-0.05, 0) is 63.2 Å². The van der Waals surface area contributed by atoms with Gasteiger partial charge in [0.25, 0.3) is 0 Å². The number of pyridine rings is 1. The van der Waals surface area contributed by atoms with E-state index in [0.29, 0.717) is 0 Å². The minimum atomic E-state index is 0.0674. The molecule has 0 radical (unpaired) electrons. The Balaban J connectivity index is 1.50. The first-order valence-corrected chi connectivity index (χ1v) is 8.41. The number of piperidine rings is 1. The summed E-state index contributed by atoms with van der Waals surface area (Å²) >= 11 is 0. The molecule has 4 nitrogen and oxygen atoms in total. The summed E-state index contributed by atoms with van der Waals surface area (Å²) in [6, 6.07) is 4.31. The Morgan fingerprint density at radius 2 is 1.90 bits per heavy atom. The molecule has 2 fully saturated rings. The molecule has 3 rings (SSSR count). The van der Waals surface area contributed by atoms with Crippen LogP contribution in [0.4, 0.5) is 5.82 Å². The van der Waals surface area contributed by atoms with Crippen LogP contribution in [-0.4, -0.2) is 42.6 Å². The summed E-state index contributed by atoms with van der Waals surface area (Å²) in [5.74, 6) is 1.99. The third-order valence-electron chi connectivity index (χ3n) is 4.95. The highest BCUT2D eigenvalue weighted by Gasteiger charge is 2.23. The van der Waals surface area contributed by atoms with E-state index in [4.69, 9.17) is 5.73 Å². The maximum Gasteiger partial charge on any atom is 0.128 e. The van der Waals surface area contributed by atoms with Crippen LogP contribution in [0.1, 0.15) is 44.2 Å². The summed E-state index contributed by atoms with van der Waals surface area (Å²) < 4.78 is 0. The molecular formula is C17H28N4. The largest absolute Gasteiger partial charge is 0.357 e. The molecule has 0 amide bonds. The normalized spacial score (nSPS) is 22.7. The zero-order valence-corrected chi connectivity index (χ0v) is 13.2. The van der Waals surface area contributed by atoms with Crippen LogP contribution in [0.5, 0.6) is 0 Å². The molecule has 1 atom stereocenters. The zero-order chi connectivity index (χ0) is 14.7. The molecule has 2 saturated heterocycles. The van der Waals surface area contributed by atoms with Crippen molar-refractivity contribution in [1.82, 2.24) is 9.88 Å². The van der Waals surface area contributed by atoms with E-state index in [9.17, 15) is 0 Å². The lowest BCUT2D eigenvalue weighted by Gasteiger charge is -2.34. The first-order chi connectivity index (χ1) is 10.2. The smallest absolute Gasteiger partial charge is 0.128 e. The van der Waals surface area contributed by atoms with Gasteiger partial charge in [0.2, 0.25) is 0 Å². The second-order valence-electron chi connectivity index (χ2n) is 6.68. The lowest BCUT2D eigenvalue weighted by Crippen LogP contribution is -2.38. The van der Waals surface area contributed by atoms with E-state index in [1.54, 1.807) is 0 Å². The van der Waals surface area contributed by atoms with Crippen LogP contribution < -0.4 is 10.6 Å². The van der Waals surface area contributed by atoms with Crippen LogP contribution in [0, 0.1) is 5.92 Å². The van der Waals surface area contributed by atoms with Crippen LogP contribution in [0.3, 0.4) is 0 Å². The first-order valence-electron chi connectivity index (χ1n) is 8.41. The molecule has 0 unspecified atom stereocenters. The summed E-state index contributed by atoms with van der Waals surface area (Å²) in [6.45, 7) is 8.23. The van der Waals surface area contributed by atoms with Crippen LogP contribution in [0.15, 0.2) is 18.3 Å². The van der Waals surface area contributed by atoms with Crippen molar-refractivity contribution in [2.24, 2.45) is 11.7 Å². The van der Waals surface area contributed by atoms with Crippen LogP contribution in [0.2, 0.25) is 0 Å². The van der Waals surface area contributed by atoms with Gasteiger partial charge in [-0.25, -0.2) is 4.98 Å². The minimum absolute atomic E-state index is 0.0674. The quantitative estimate of drug-likeness (QED) is 0.924. The van der Waals surface area contributed by atoms with Crippen LogP contribution in [-0.2, 0) is 0 Å². The third-order valence-corrected chi connectivity index (χ3v) is 4.95. The number of anilines is 1. The van der Waals surface area contributed by atoms with E-state index in [1.807, 2.05) is 13.1 Å². The van der Waals surface area contributed by atoms with Gasteiger partial charge in [0.05, 0.1) is 0 Å². The molecule has 1 aromatic rings. The predicted molar refractivity (Wildman–Crippen MR) is 87.5 cm³/mol.